The minimum absolute atomic E-state index is 0.284. The molecule has 0 aromatic rings. The van der Waals surface area contributed by atoms with Crippen molar-refractivity contribution in [3.8, 4) is 0 Å². The third-order valence-electron chi connectivity index (χ3n) is 4.65. The van der Waals surface area contributed by atoms with Crippen molar-refractivity contribution in [2.24, 2.45) is 5.92 Å². The molecular weight excluding hydrogens is 264 g/mol. The van der Waals surface area contributed by atoms with Crippen molar-refractivity contribution in [2.45, 2.75) is 71.1 Å². The van der Waals surface area contributed by atoms with Gasteiger partial charge in [-0.1, -0.05) is 57.8 Å². The van der Waals surface area contributed by atoms with Crippen LogP contribution in [0.25, 0.3) is 0 Å². The Hall–Kier alpha value is -0.126. The highest BCUT2D eigenvalue weighted by Gasteiger charge is 2.41. The van der Waals surface area contributed by atoms with Crippen molar-refractivity contribution in [2.75, 3.05) is 0 Å². The van der Waals surface area contributed by atoms with E-state index in [1.807, 2.05) is 0 Å². The molecule has 0 saturated carbocycles. The van der Waals surface area contributed by atoms with Gasteiger partial charge in [-0.2, -0.15) is 0 Å². The van der Waals surface area contributed by atoms with Gasteiger partial charge in [0.25, 0.3) is 0 Å². The van der Waals surface area contributed by atoms with E-state index in [1.165, 1.54) is 0 Å². The van der Waals surface area contributed by atoms with E-state index in [-0.39, 0.29) is 5.04 Å². The maximum absolute atomic E-state index is 6.56. The highest BCUT2D eigenvalue weighted by Crippen LogP contribution is 2.41. The average Bonchev–Trinajstić information content (AvgIpc) is 2.57. The lowest BCUT2D eigenvalue weighted by molar-refractivity contribution is 0.218. The van der Waals surface area contributed by atoms with Gasteiger partial charge in [0.1, 0.15) is 0 Å². The zero-order chi connectivity index (χ0) is 15.1. The molecular formula is C16H32OSi2. The molecule has 1 nitrogen and oxygen atoms in total. The summed E-state index contributed by atoms with van der Waals surface area (Å²) >= 11 is 0. The zero-order valence-corrected chi connectivity index (χ0v) is 16.1. The summed E-state index contributed by atoms with van der Waals surface area (Å²) in [6.07, 6.45) is 5.97. The summed E-state index contributed by atoms with van der Waals surface area (Å²) in [5, 5.41) is 1.91. The normalized spacial score (nSPS) is 25.4. The van der Waals surface area contributed by atoms with Crippen molar-refractivity contribution in [1.29, 1.82) is 0 Å². The van der Waals surface area contributed by atoms with Crippen LogP contribution in [0.2, 0.25) is 37.8 Å². The first kappa shape index (κ1) is 16.9. The Morgan fingerprint density at radius 2 is 1.74 bits per heavy atom. The van der Waals surface area contributed by atoms with E-state index in [0.29, 0.717) is 12.0 Å². The second-order valence-corrected chi connectivity index (χ2v) is 18.2. The first-order valence-electron chi connectivity index (χ1n) is 7.41. The Kier molecular flexibility index (Phi) is 4.76. The van der Waals surface area contributed by atoms with Crippen molar-refractivity contribution >= 4 is 16.4 Å². The second-order valence-electron chi connectivity index (χ2n) is 8.37. The monoisotopic (exact) mass is 296 g/mol. The van der Waals surface area contributed by atoms with E-state index < -0.39 is 16.4 Å². The molecule has 1 rings (SSSR count). The quantitative estimate of drug-likeness (QED) is 0.499. The standard InChI is InChI=1S/C16H32OSi2/c1-10-13-11-14(12-15(13)18(5,6)7)17-19(8,9)16(2,3)4/h10,12-14H,1,11H2,2-9H3/t13-,14-/m1/s1. The molecule has 0 aromatic heterocycles. The van der Waals surface area contributed by atoms with Crippen LogP contribution in [0.1, 0.15) is 27.2 Å². The predicted molar refractivity (Wildman–Crippen MR) is 91.8 cm³/mol. The van der Waals surface area contributed by atoms with Crippen LogP contribution < -0.4 is 0 Å². The van der Waals surface area contributed by atoms with Crippen molar-refractivity contribution in [3.05, 3.63) is 23.9 Å². The Morgan fingerprint density at radius 3 is 2.05 bits per heavy atom. The molecule has 19 heavy (non-hydrogen) atoms. The van der Waals surface area contributed by atoms with Gasteiger partial charge in [-0.3, -0.25) is 0 Å². The van der Waals surface area contributed by atoms with Crippen LogP contribution in [-0.2, 0) is 4.43 Å². The molecule has 0 heterocycles. The summed E-state index contributed by atoms with van der Waals surface area (Å²) < 4.78 is 6.56. The molecule has 0 aliphatic heterocycles. The maximum Gasteiger partial charge on any atom is 0.192 e. The first-order valence-corrected chi connectivity index (χ1v) is 13.8. The molecule has 0 radical (unpaired) electrons. The van der Waals surface area contributed by atoms with Gasteiger partial charge in [0, 0.05) is 0 Å². The van der Waals surface area contributed by atoms with E-state index in [9.17, 15) is 0 Å². The zero-order valence-electron chi connectivity index (χ0n) is 14.1. The number of allylic oxidation sites excluding steroid dienone is 2. The van der Waals surface area contributed by atoms with Crippen LogP contribution in [0.15, 0.2) is 23.9 Å². The Balaban J connectivity index is 2.90. The lowest BCUT2D eigenvalue weighted by Gasteiger charge is -2.38. The van der Waals surface area contributed by atoms with Crippen LogP contribution in [0, 0.1) is 5.92 Å². The van der Waals surface area contributed by atoms with E-state index in [2.05, 4.69) is 72.2 Å². The average molecular weight is 297 g/mol. The molecule has 2 atom stereocenters. The molecule has 0 fully saturated rings. The van der Waals surface area contributed by atoms with Crippen molar-refractivity contribution < 1.29 is 4.43 Å². The molecule has 0 N–H and O–H groups in total. The fourth-order valence-corrected chi connectivity index (χ4v) is 5.74. The molecule has 0 unspecified atom stereocenters. The fraction of sp³-hybridized carbons (Fsp3) is 0.750. The van der Waals surface area contributed by atoms with E-state index >= 15 is 0 Å². The van der Waals surface area contributed by atoms with E-state index in [0.717, 1.165) is 6.42 Å². The molecule has 0 spiro atoms. The SMILES string of the molecule is C=C[C@@H]1C[C@@H](O[Si](C)(C)C(C)(C)C)C=C1[Si](C)(C)C. The lowest BCUT2D eigenvalue weighted by Crippen LogP contribution is -2.43. The molecule has 0 amide bonds. The topological polar surface area (TPSA) is 9.23 Å². The van der Waals surface area contributed by atoms with Gasteiger partial charge < -0.3 is 4.43 Å². The van der Waals surface area contributed by atoms with Gasteiger partial charge in [-0.15, -0.1) is 6.58 Å². The van der Waals surface area contributed by atoms with Gasteiger partial charge in [0.2, 0.25) is 0 Å². The number of hydrogen-bond acceptors (Lipinski definition) is 1. The molecule has 0 aromatic carbocycles. The Labute approximate surface area is 122 Å². The summed E-state index contributed by atoms with van der Waals surface area (Å²) in [5.41, 5.74) is 0. The minimum atomic E-state index is -1.66. The third-order valence-corrected chi connectivity index (χ3v) is 11.4. The molecule has 3 heteroatoms. The Morgan fingerprint density at radius 1 is 1.21 bits per heavy atom. The molecule has 1 aliphatic carbocycles. The van der Waals surface area contributed by atoms with Crippen LogP contribution in [0.4, 0.5) is 0 Å². The summed E-state index contributed by atoms with van der Waals surface area (Å²) in [6, 6.07) is 0. The highest BCUT2D eigenvalue weighted by atomic mass is 28.4. The summed E-state index contributed by atoms with van der Waals surface area (Å²) in [7, 11) is -2.91. The second kappa shape index (κ2) is 5.34. The molecule has 1 aliphatic rings. The van der Waals surface area contributed by atoms with Crippen molar-refractivity contribution in [3.63, 3.8) is 0 Å². The lowest BCUT2D eigenvalue weighted by atomic mass is 10.1. The number of rotatable bonds is 4. The van der Waals surface area contributed by atoms with Gasteiger partial charge in [-0.25, -0.2) is 0 Å². The number of hydrogen-bond donors (Lipinski definition) is 0. The van der Waals surface area contributed by atoms with Gasteiger partial charge in [-0.05, 0) is 30.5 Å². The fourth-order valence-electron chi connectivity index (χ4n) is 2.44. The van der Waals surface area contributed by atoms with Gasteiger partial charge in [0.05, 0.1) is 14.2 Å². The highest BCUT2D eigenvalue weighted by molar-refractivity contribution is 6.83. The summed E-state index contributed by atoms with van der Waals surface area (Å²) in [5.74, 6) is 0.543. The molecule has 0 bridgehead atoms. The van der Waals surface area contributed by atoms with E-state index in [4.69, 9.17) is 4.43 Å². The summed E-state index contributed by atoms with van der Waals surface area (Å²) in [4.78, 5) is 0. The van der Waals surface area contributed by atoms with Crippen LogP contribution >= 0.6 is 0 Å². The van der Waals surface area contributed by atoms with Crippen LogP contribution in [-0.4, -0.2) is 22.5 Å². The van der Waals surface area contributed by atoms with Crippen LogP contribution in [0.5, 0.6) is 0 Å². The summed E-state index contributed by atoms with van der Waals surface area (Å²) in [6.45, 7) is 22.9. The van der Waals surface area contributed by atoms with E-state index in [1.54, 1.807) is 5.20 Å². The smallest absolute Gasteiger partial charge is 0.192 e. The maximum atomic E-state index is 6.56. The third kappa shape index (κ3) is 3.93. The van der Waals surface area contributed by atoms with Crippen molar-refractivity contribution in [1.82, 2.24) is 0 Å². The minimum Gasteiger partial charge on any atom is -0.411 e. The van der Waals surface area contributed by atoms with Crippen LogP contribution in [0.3, 0.4) is 0 Å². The molecule has 110 valence electrons. The Bertz CT molecular complexity index is 369. The first-order chi connectivity index (χ1) is 8.38. The van der Waals surface area contributed by atoms with Gasteiger partial charge >= 0.3 is 0 Å². The molecule has 0 saturated heterocycles. The predicted octanol–water partition coefficient (Wildman–Crippen LogP) is 5.39. The largest absolute Gasteiger partial charge is 0.411 e. The van der Waals surface area contributed by atoms with Gasteiger partial charge in [0.15, 0.2) is 8.32 Å².